The summed E-state index contributed by atoms with van der Waals surface area (Å²) >= 11 is 0. The van der Waals surface area contributed by atoms with Crippen molar-refractivity contribution in [2.24, 2.45) is 5.73 Å². The van der Waals surface area contributed by atoms with E-state index in [-0.39, 0.29) is 17.8 Å². The molecule has 5 heteroatoms. The Morgan fingerprint density at radius 3 is 2.68 bits per heavy atom. The van der Waals surface area contributed by atoms with Crippen LogP contribution < -0.4 is 5.73 Å². The summed E-state index contributed by atoms with van der Waals surface area (Å²) < 4.78 is 5.80. The van der Waals surface area contributed by atoms with Gasteiger partial charge in [0.1, 0.15) is 5.75 Å². The molecule has 1 fully saturated rings. The molecule has 1 saturated heterocycles. The van der Waals surface area contributed by atoms with Crippen LogP contribution >= 0.6 is 0 Å². The van der Waals surface area contributed by atoms with Crippen molar-refractivity contribution in [3.05, 3.63) is 29.8 Å². The number of hydrogen-bond donors (Lipinski definition) is 2. The van der Waals surface area contributed by atoms with Gasteiger partial charge in [0.2, 0.25) is 0 Å². The molecule has 1 heterocycles. The van der Waals surface area contributed by atoms with Crippen LogP contribution in [0.15, 0.2) is 24.3 Å². The molecule has 0 spiro atoms. The first-order valence-electron chi connectivity index (χ1n) is 6.37. The van der Waals surface area contributed by atoms with Crippen LogP contribution in [0.5, 0.6) is 5.75 Å². The lowest BCUT2D eigenvalue weighted by Gasteiger charge is -2.42. The molecule has 2 rings (SSSR count). The number of carbonyl (C=O) groups is 1. The van der Waals surface area contributed by atoms with Crippen LogP contribution in [0.2, 0.25) is 0 Å². The summed E-state index contributed by atoms with van der Waals surface area (Å²) in [5.74, 6) is 0.0912. The average molecular weight is 264 g/mol. The number of rotatable bonds is 2. The standard InChI is InChI=1S/C14H20N2O3/c1-14(2)9-16(8-12(7-15)19-14)13(18)10-3-5-11(17)6-4-10/h3-6,12,17H,7-9,15H2,1-2H3. The van der Waals surface area contributed by atoms with E-state index in [9.17, 15) is 9.90 Å². The fourth-order valence-corrected chi connectivity index (χ4v) is 2.36. The molecule has 0 aliphatic carbocycles. The van der Waals surface area contributed by atoms with Gasteiger partial charge in [0.05, 0.1) is 11.7 Å². The molecule has 0 aromatic heterocycles. The second-order valence-corrected chi connectivity index (χ2v) is 5.47. The van der Waals surface area contributed by atoms with Gasteiger partial charge >= 0.3 is 0 Å². The highest BCUT2D eigenvalue weighted by Gasteiger charge is 2.35. The molecule has 1 aliphatic heterocycles. The lowest BCUT2D eigenvalue weighted by molar-refractivity contribution is -0.122. The number of nitrogens with two attached hydrogens (primary N) is 1. The minimum Gasteiger partial charge on any atom is -0.508 e. The van der Waals surface area contributed by atoms with E-state index >= 15 is 0 Å². The molecule has 1 aromatic rings. The second kappa shape index (κ2) is 5.19. The monoisotopic (exact) mass is 264 g/mol. The van der Waals surface area contributed by atoms with Gasteiger partial charge < -0.3 is 20.5 Å². The van der Waals surface area contributed by atoms with E-state index in [2.05, 4.69) is 0 Å². The molecule has 1 amide bonds. The zero-order valence-corrected chi connectivity index (χ0v) is 11.3. The molecule has 0 saturated carbocycles. The van der Waals surface area contributed by atoms with Crippen molar-refractivity contribution in [2.75, 3.05) is 19.6 Å². The molecule has 1 unspecified atom stereocenters. The van der Waals surface area contributed by atoms with Crippen LogP contribution in [0.4, 0.5) is 0 Å². The molecule has 5 nitrogen and oxygen atoms in total. The Morgan fingerprint density at radius 2 is 2.11 bits per heavy atom. The van der Waals surface area contributed by atoms with E-state index < -0.39 is 5.60 Å². The van der Waals surface area contributed by atoms with Gasteiger partial charge in [-0.25, -0.2) is 0 Å². The predicted molar refractivity (Wildman–Crippen MR) is 72.0 cm³/mol. The minimum atomic E-state index is -0.394. The van der Waals surface area contributed by atoms with Gasteiger partial charge in [-0.2, -0.15) is 0 Å². The third-order valence-electron chi connectivity index (χ3n) is 3.15. The Labute approximate surface area is 113 Å². The molecule has 0 bridgehead atoms. The van der Waals surface area contributed by atoms with Gasteiger partial charge in [-0.15, -0.1) is 0 Å². The molecule has 3 N–H and O–H groups in total. The van der Waals surface area contributed by atoms with Gasteiger partial charge in [-0.3, -0.25) is 4.79 Å². The summed E-state index contributed by atoms with van der Waals surface area (Å²) in [5.41, 5.74) is 5.82. The molecule has 1 aliphatic rings. The fourth-order valence-electron chi connectivity index (χ4n) is 2.36. The molecule has 1 aromatic carbocycles. The van der Waals surface area contributed by atoms with Crippen LogP contribution in [0.25, 0.3) is 0 Å². The third-order valence-corrected chi connectivity index (χ3v) is 3.15. The summed E-state index contributed by atoms with van der Waals surface area (Å²) in [6.07, 6.45) is -0.134. The van der Waals surface area contributed by atoms with Crippen molar-refractivity contribution in [2.45, 2.75) is 25.6 Å². The maximum atomic E-state index is 12.4. The number of benzene rings is 1. The van der Waals surface area contributed by atoms with E-state index in [1.165, 1.54) is 12.1 Å². The molecular weight excluding hydrogens is 244 g/mol. The largest absolute Gasteiger partial charge is 0.508 e. The Balaban J connectivity index is 2.16. The zero-order chi connectivity index (χ0) is 14.0. The van der Waals surface area contributed by atoms with Crippen LogP contribution in [-0.4, -0.2) is 47.3 Å². The van der Waals surface area contributed by atoms with Gasteiger partial charge in [0, 0.05) is 25.2 Å². The van der Waals surface area contributed by atoms with Crippen LogP contribution in [-0.2, 0) is 4.74 Å². The van der Waals surface area contributed by atoms with Gasteiger partial charge in [0.15, 0.2) is 0 Å². The third kappa shape index (κ3) is 3.24. The average Bonchev–Trinajstić information content (AvgIpc) is 2.37. The number of ether oxygens (including phenoxy) is 1. The maximum Gasteiger partial charge on any atom is 0.254 e. The molecule has 0 radical (unpaired) electrons. The number of morpholine rings is 1. The minimum absolute atomic E-state index is 0.0603. The lowest BCUT2D eigenvalue weighted by atomic mass is 10.0. The smallest absolute Gasteiger partial charge is 0.254 e. The van der Waals surface area contributed by atoms with Crippen molar-refractivity contribution >= 4 is 5.91 Å². The van der Waals surface area contributed by atoms with Crippen LogP contribution in [0, 0.1) is 0 Å². The Kier molecular flexibility index (Phi) is 3.78. The Morgan fingerprint density at radius 1 is 1.47 bits per heavy atom. The highest BCUT2D eigenvalue weighted by atomic mass is 16.5. The number of nitrogens with zero attached hydrogens (tertiary/aromatic N) is 1. The Bertz CT molecular complexity index is 456. The van der Waals surface area contributed by atoms with Crippen molar-refractivity contribution in [3.63, 3.8) is 0 Å². The maximum absolute atomic E-state index is 12.4. The van der Waals surface area contributed by atoms with E-state index in [0.717, 1.165) is 0 Å². The van der Waals surface area contributed by atoms with Crippen LogP contribution in [0.1, 0.15) is 24.2 Å². The highest BCUT2D eigenvalue weighted by molar-refractivity contribution is 5.94. The first-order valence-corrected chi connectivity index (χ1v) is 6.37. The van der Waals surface area contributed by atoms with Crippen molar-refractivity contribution in [1.82, 2.24) is 4.90 Å². The summed E-state index contributed by atoms with van der Waals surface area (Å²) in [5, 5.41) is 9.25. The zero-order valence-electron chi connectivity index (χ0n) is 11.3. The van der Waals surface area contributed by atoms with Gasteiger partial charge in [-0.1, -0.05) is 0 Å². The number of phenolic OH excluding ortho intramolecular Hbond substituents is 1. The SMILES string of the molecule is CC1(C)CN(C(=O)c2ccc(O)cc2)CC(CN)O1. The highest BCUT2D eigenvalue weighted by Crippen LogP contribution is 2.22. The van der Waals surface area contributed by atoms with E-state index in [1.807, 2.05) is 13.8 Å². The van der Waals surface area contributed by atoms with Gasteiger partial charge in [-0.05, 0) is 38.1 Å². The normalized spacial score (nSPS) is 22.3. The molecule has 19 heavy (non-hydrogen) atoms. The van der Waals surface area contributed by atoms with E-state index in [0.29, 0.717) is 25.2 Å². The number of phenols is 1. The number of hydrogen-bond acceptors (Lipinski definition) is 4. The fraction of sp³-hybridized carbons (Fsp3) is 0.500. The summed E-state index contributed by atoms with van der Waals surface area (Å²) in [4.78, 5) is 14.2. The van der Waals surface area contributed by atoms with Gasteiger partial charge in [0.25, 0.3) is 5.91 Å². The van der Waals surface area contributed by atoms with Crippen molar-refractivity contribution in [1.29, 1.82) is 0 Å². The molecule has 1 atom stereocenters. The first kappa shape index (κ1) is 13.8. The van der Waals surface area contributed by atoms with Crippen molar-refractivity contribution in [3.8, 4) is 5.75 Å². The lowest BCUT2D eigenvalue weighted by Crippen LogP contribution is -2.56. The topological polar surface area (TPSA) is 75.8 Å². The summed E-state index contributed by atoms with van der Waals surface area (Å²) in [6, 6.07) is 6.27. The second-order valence-electron chi connectivity index (χ2n) is 5.47. The van der Waals surface area contributed by atoms with E-state index in [4.69, 9.17) is 10.5 Å². The number of carbonyl (C=O) groups excluding carboxylic acids is 1. The number of amides is 1. The predicted octanol–water partition coefficient (Wildman–Crippen LogP) is 0.971. The summed E-state index contributed by atoms with van der Waals surface area (Å²) in [6.45, 7) is 5.32. The van der Waals surface area contributed by atoms with Crippen molar-refractivity contribution < 1.29 is 14.6 Å². The summed E-state index contributed by atoms with van der Waals surface area (Å²) in [7, 11) is 0. The first-order chi connectivity index (χ1) is 8.91. The number of aromatic hydroxyl groups is 1. The van der Waals surface area contributed by atoms with E-state index in [1.54, 1.807) is 17.0 Å². The van der Waals surface area contributed by atoms with Crippen LogP contribution in [0.3, 0.4) is 0 Å². The Hall–Kier alpha value is -1.59. The quantitative estimate of drug-likeness (QED) is 0.834. The molecular formula is C14H20N2O3. The molecule has 104 valence electrons.